The molecule has 0 radical (unpaired) electrons. The van der Waals surface area contributed by atoms with Crippen molar-refractivity contribution in [1.82, 2.24) is 4.98 Å². The molecule has 1 aliphatic rings. The molecule has 1 aromatic heterocycles. The van der Waals surface area contributed by atoms with Crippen molar-refractivity contribution in [2.24, 2.45) is 0 Å². The minimum Gasteiger partial charge on any atom is -0.291 e. The summed E-state index contributed by atoms with van der Waals surface area (Å²) in [6.07, 6.45) is 2.02. The number of nitrogens with zero attached hydrogens (tertiary/aromatic N) is 1. The summed E-state index contributed by atoms with van der Waals surface area (Å²) < 4.78 is 0. The highest BCUT2D eigenvalue weighted by atomic mass is 35.5. The Bertz CT molecular complexity index is 351. The Balaban J connectivity index is 2.61. The van der Waals surface area contributed by atoms with Crippen LogP contribution in [-0.2, 0) is 6.42 Å². The molecule has 1 aliphatic carbocycles. The maximum Gasteiger partial charge on any atom is 0.199 e. The van der Waals surface area contributed by atoms with E-state index in [4.69, 9.17) is 23.2 Å². The van der Waals surface area contributed by atoms with Crippen molar-refractivity contribution in [3.05, 3.63) is 28.5 Å². The molecule has 2 nitrogen and oxygen atoms in total. The molecule has 0 amide bonds. The van der Waals surface area contributed by atoms with Crippen LogP contribution in [0, 0.1) is 0 Å². The van der Waals surface area contributed by atoms with E-state index in [1.807, 2.05) is 0 Å². The number of rotatable bonds is 0. The molecule has 12 heavy (non-hydrogen) atoms. The number of ketones is 1. The highest BCUT2D eigenvalue weighted by Gasteiger charge is 2.31. The molecule has 1 unspecified atom stereocenters. The SMILES string of the molecule is O=C1c2nccc(Cl)c2CC1Cl. The zero-order chi connectivity index (χ0) is 8.72. The van der Waals surface area contributed by atoms with Crippen LogP contribution in [0.15, 0.2) is 12.3 Å². The molecule has 0 saturated carbocycles. The monoisotopic (exact) mass is 201 g/mol. The highest BCUT2D eigenvalue weighted by Crippen LogP contribution is 2.29. The topological polar surface area (TPSA) is 30.0 Å². The van der Waals surface area contributed by atoms with Gasteiger partial charge in [0, 0.05) is 16.8 Å². The molecule has 1 aromatic rings. The number of Topliss-reactive ketones (excluding diaryl/α,β-unsaturated/α-hetero) is 1. The molecule has 0 saturated heterocycles. The number of halogens is 2. The summed E-state index contributed by atoms with van der Waals surface area (Å²) in [6, 6.07) is 1.67. The third-order valence-corrected chi connectivity index (χ3v) is 2.61. The van der Waals surface area contributed by atoms with Crippen LogP contribution >= 0.6 is 23.2 Å². The number of alkyl halides is 1. The molecule has 0 spiro atoms. The van der Waals surface area contributed by atoms with Gasteiger partial charge in [-0.2, -0.15) is 0 Å². The summed E-state index contributed by atoms with van der Waals surface area (Å²) in [7, 11) is 0. The van der Waals surface area contributed by atoms with E-state index in [9.17, 15) is 4.79 Å². The lowest BCUT2D eigenvalue weighted by molar-refractivity contribution is 0.0994. The van der Waals surface area contributed by atoms with E-state index in [2.05, 4.69) is 4.98 Å². The van der Waals surface area contributed by atoms with Crippen molar-refractivity contribution in [3.63, 3.8) is 0 Å². The third-order valence-electron chi connectivity index (χ3n) is 1.90. The van der Waals surface area contributed by atoms with Gasteiger partial charge in [-0.3, -0.25) is 9.78 Å². The number of aromatic nitrogens is 1. The van der Waals surface area contributed by atoms with E-state index in [-0.39, 0.29) is 5.78 Å². The van der Waals surface area contributed by atoms with Crippen molar-refractivity contribution in [2.45, 2.75) is 11.8 Å². The van der Waals surface area contributed by atoms with E-state index >= 15 is 0 Å². The van der Waals surface area contributed by atoms with Gasteiger partial charge in [0.2, 0.25) is 0 Å². The Morgan fingerprint density at radius 1 is 1.58 bits per heavy atom. The summed E-state index contributed by atoms with van der Waals surface area (Å²) in [5, 5.41) is 0.101. The number of pyridine rings is 1. The van der Waals surface area contributed by atoms with Gasteiger partial charge in [0.15, 0.2) is 5.78 Å². The Labute approximate surface area is 79.5 Å². The molecule has 62 valence electrons. The standard InChI is InChI=1S/C8H5Cl2NO/c9-5-1-2-11-7-4(5)3-6(10)8(7)12/h1-2,6H,3H2. The summed E-state index contributed by atoms with van der Waals surface area (Å²) in [5.41, 5.74) is 1.21. The predicted molar refractivity (Wildman–Crippen MR) is 46.9 cm³/mol. The van der Waals surface area contributed by atoms with Crippen molar-refractivity contribution in [2.75, 3.05) is 0 Å². The van der Waals surface area contributed by atoms with Crippen LogP contribution in [0.25, 0.3) is 0 Å². The van der Waals surface area contributed by atoms with Crippen LogP contribution in [0.1, 0.15) is 16.1 Å². The second-order valence-electron chi connectivity index (χ2n) is 2.66. The van der Waals surface area contributed by atoms with Crippen LogP contribution in [-0.4, -0.2) is 16.1 Å². The first kappa shape index (κ1) is 8.02. The molecule has 2 rings (SSSR count). The lowest BCUT2D eigenvalue weighted by Gasteiger charge is -1.96. The lowest BCUT2D eigenvalue weighted by Crippen LogP contribution is -2.07. The molecule has 0 aliphatic heterocycles. The van der Waals surface area contributed by atoms with Crippen molar-refractivity contribution in [3.8, 4) is 0 Å². The van der Waals surface area contributed by atoms with Crippen LogP contribution in [0.4, 0.5) is 0 Å². The lowest BCUT2D eigenvalue weighted by atomic mass is 10.2. The fourth-order valence-corrected chi connectivity index (χ4v) is 1.78. The Morgan fingerprint density at radius 2 is 2.33 bits per heavy atom. The van der Waals surface area contributed by atoms with Gasteiger partial charge in [0.25, 0.3) is 0 Å². The zero-order valence-corrected chi connectivity index (χ0v) is 7.56. The molecule has 0 aromatic carbocycles. The number of hydrogen-bond donors (Lipinski definition) is 0. The average molecular weight is 202 g/mol. The van der Waals surface area contributed by atoms with Gasteiger partial charge < -0.3 is 0 Å². The fourth-order valence-electron chi connectivity index (χ4n) is 1.30. The summed E-state index contributed by atoms with van der Waals surface area (Å²) >= 11 is 11.6. The van der Waals surface area contributed by atoms with Gasteiger partial charge in [-0.25, -0.2) is 0 Å². The Hall–Kier alpha value is -0.600. The van der Waals surface area contributed by atoms with E-state index in [0.717, 1.165) is 5.56 Å². The first-order valence-corrected chi connectivity index (χ1v) is 4.33. The second-order valence-corrected chi connectivity index (χ2v) is 3.59. The normalized spacial score (nSPS) is 21.2. The molecular weight excluding hydrogens is 197 g/mol. The number of hydrogen-bond acceptors (Lipinski definition) is 2. The van der Waals surface area contributed by atoms with Crippen LogP contribution < -0.4 is 0 Å². The molecule has 0 fully saturated rings. The van der Waals surface area contributed by atoms with Gasteiger partial charge >= 0.3 is 0 Å². The van der Waals surface area contributed by atoms with Gasteiger partial charge in [-0.05, 0) is 12.5 Å². The van der Waals surface area contributed by atoms with Crippen LogP contribution in [0.3, 0.4) is 0 Å². The van der Waals surface area contributed by atoms with Crippen molar-refractivity contribution >= 4 is 29.0 Å². The minimum absolute atomic E-state index is 0.117. The number of fused-ring (bicyclic) bond motifs is 1. The van der Waals surface area contributed by atoms with E-state index < -0.39 is 5.38 Å². The first-order valence-electron chi connectivity index (χ1n) is 3.52. The molecule has 1 atom stereocenters. The van der Waals surface area contributed by atoms with Gasteiger partial charge in [-0.1, -0.05) is 11.6 Å². The van der Waals surface area contributed by atoms with Gasteiger partial charge in [0.1, 0.15) is 11.1 Å². The molecular formula is C8H5Cl2NO. The van der Waals surface area contributed by atoms with Crippen LogP contribution in [0.5, 0.6) is 0 Å². The second kappa shape index (κ2) is 2.71. The van der Waals surface area contributed by atoms with Gasteiger partial charge in [0.05, 0.1) is 0 Å². The minimum atomic E-state index is -0.479. The van der Waals surface area contributed by atoms with E-state index in [0.29, 0.717) is 17.1 Å². The summed E-state index contributed by atoms with van der Waals surface area (Å²) in [5.74, 6) is -0.117. The Kier molecular flexibility index (Phi) is 1.81. The van der Waals surface area contributed by atoms with Crippen molar-refractivity contribution < 1.29 is 4.79 Å². The molecule has 4 heteroatoms. The first-order chi connectivity index (χ1) is 5.70. The van der Waals surface area contributed by atoms with Crippen LogP contribution in [0.2, 0.25) is 5.02 Å². The quantitative estimate of drug-likeness (QED) is 0.603. The third kappa shape index (κ3) is 1.03. The maximum absolute atomic E-state index is 11.3. The smallest absolute Gasteiger partial charge is 0.199 e. The average Bonchev–Trinajstić information content (AvgIpc) is 2.32. The summed E-state index contributed by atoms with van der Waals surface area (Å²) in [6.45, 7) is 0. The molecule has 1 heterocycles. The maximum atomic E-state index is 11.3. The van der Waals surface area contributed by atoms with E-state index in [1.165, 1.54) is 6.20 Å². The van der Waals surface area contributed by atoms with E-state index in [1.54, 1.807) is 6.07 Å². The van der Waals surface area contributed by atoms with Gasteiger partial charge in [-0.15, -0.1) is 11.6 Å². The Morgan fingerprint density at radius 3 is 3.00 bits per heavy atom. The zero-order valence-electron chi connectivity index (χ0n) is 6.05. The predicted octanol–water partition coefficient (Wildman–Crippen LogP) is 2.08. The number of carbonyl (C=O) groups is 1. The summed E-state index contributed by atoms with van der Waals surface area (Å²) in [4.78, 5) is 15.2. The largest absolute Gasteiger partial charge is 0.291 e. The number of carbonyl (C=O) groups excluding carboxylic acids is 1. The van der Waals surface area contributed by atoms with Crippen molar-refractivity contribution in [1.29, 1.82) is 0 Å². The molecule has 0 N–H and O–H groups in total. The molecule has 0 bridgehead atoms. The fraction of sp³-hybridized carbons (Fsp3) is 0.250. The highest BCUT2D eigenvalue weighted by molar-refractivity contribution is 6.37.